The Balaban J connectivity index is 1.88. The maximum atomic E-state index is 12.5. The molecule has 18 heavy (non-hydrogen) atoms. The molecule has 3 nitrogen and oxygen atoms in total. The molecule has 0 fully saturated rings. The van der Waals surface area contributed by atoms with E-state index in [0.29, 0.717) is 0 Å². The van der Waals surface area contributed by atoms with Gasteiger partial charge in [-0.2, -0.15) is 0 Å². The number of para-hydroxylation sites is 2. The molecule has 1 atom stereocenters. The number of fused-ring (bicyclic) bond motifs is 4. The van der Waals surface area contributed by atoms with Crippen LogP contribution in [0.1, 0.15) is 10.4 Å². The highest BCUT2D eigenvalue weighted by molar-refractivity contribution is 8.00. The number of rotatable bonds is 0. The van der Waals surface area contributed by atoms with E-state index in [1.165, 1.54) is 0 Å². The Morgan fingerprint density at radius 3 is 2.78 bits per heavy atom. The van der Waals surface area contributed by atoms with Gasteiger partial charge in [0.05, 0.1) is 11.3 Å². The molecule has 1 amide bonds. The average Bonchev–Trinajstić information content (AvgIpc) is 2.77. The number of carbonyl (C=O) groups is 1. The second kappa shape index (κ2) is 3.53. The van der Waals surface area contributed by atoms with E-state index in [9.17, 15) is 4.79 Å². The lowest BCUT2D eigenvalue weighted by Gasteiger charge is -2.32. The number of carbonyl (C=O) groups excluding carboxylic acids is 1. The first-order valence-corrected chi connectivity index (χ1v) is 6.67. The molecule has 2 heterocycles. The van der Waals surface area contributed by atoms with Crippen molar-refractivity contribution in [3.8, 4) is 0 Å². The smallest absolute Gasteiger partial charge is 0.262 e. The molecule has 4 heteroatoms. The molecular weight excluding hydrogens is 244 g/mol. The van der Waals surface area contributed by atoms with Crippen LogP contribution in [0.25, 0.3) is 0 Å². The first-order chi connectivity index (χ1) is 8.84. The second-order valence-corrected chi connectivity index (χ2v) is 5.43. The van der Waals surface area contributed by atoms with Crippen LogP contribution in [0.4, 0.5) is 11.4 Å². The minimum atomic E-state index is -0.0233. The summed E-state index contributed by atoms with van der Waals surface area (Å²) in [5.74, 6) is 0.0757. The van der Waals surface area contributed by atoms with Gasteiger partial charge in [-0.25, -0.2) is 0 Å². The van der Waals surface area contributed by atoms with Gasteiger partial charge in [-0.1, -0.05) is 36.0 Å². The summed E-state index contributed by atoms with van der Waals surface area (Å²) in [6.07, 6.45) is 0. The van der Waals surface area contributed by atoms with Crippen LogP contribution < -0.4 is 10.2 Å². The molecule has 4 rings (SSSR count). The van der Waals surface area contributed by atoms with E-state index in [2.05, 4.69) is 11.4 Å². The van der Waals surface area contributed by atoms with E-state index in [0.717, 1.165) is 21.8 Å². The zero-order chi connectivity index (χ0) is 12.1. The highest BCUT2D eigenvalue weighted by Gasteiger charge is 2.39. The van der Waals surface area contributed by atoms with Crippen LogP contribution in [-0.2, 0) is 0 Å². The standard InChI is InChI=1S/C14H10N2OS/c17-13-9-5-1-2-6-10(9)15-14-16(13)11-7-3-4-8-12(11)18-14/h1-8,14-15H. The van der Waals surface area contributed by atoms with Crippen LogP contribution in [0.5, 0.6) is 0 Å². The van der Waals surface area contributed by atoms with Gasteiger partial charge in [0.25, 0.3) is 5.91 Å². The largest absolute Gasteiger partial charge is 0.355 e. The van der Waals surface area contributed by atoms with Gasteiger partial charge < -0.3 is 5.32 Å². The van der Waals surface area contributed by atoms with E-state index in [-0.39, 0.29) is 11.4 Å². The Bertz CT molecular complexity index is 656. The molecule has 0 saturated heterocycles. The number of benzene rings is 2. The van der Waals surface area contributed by atoms with Crippen molar-refractivity contribution in [1.29, 1.82) is 0 Å². The predicted octanol–water partition coefficient (Wildman–Crippen LogP) is 3.15. The molecule has 2 aromatic carbocycles. The summed E-state index contributed by atoms with van der Waals surface area (Å²) in [7, 11) is 0. The van der Waals surface area contributed by atoms with Crippen molar-refractivity contribution in [1.82, 2.24) is 0 Å². The summed E-state index contributed by atoms with van der Waals surface area (Å²) in [5, 5.41) is 3.40. The van der Waals surface area contributed by atoms with Crippen molar-refractivity contribution in [2.24, 2.45) is 0 Å². The predicted molar refractivity (Wildman–Crippen MR) is 73.0 cm³/mol. The van der Waals surface area contributed by atoms with Gasteiger partial charge in [0.15, 0.2) is 5.50 Å². The monoisotopic (exact) mass is 254 g/mol. The van der Waals surface area contributed by atoms with Gasteiger partial charge in [0.1, 0.15) is 0 Å². The summed E-state index contributed by atoms with van der Waals surface area (Å²) >= 11 is 1.68. The number of hydrogen-bond acceptors (Lipinski definition) is 3. The molecule has 0 spiro atoms. The van der Waals surface area contributed by atoms with Crippen LogP contribution in [-0.4, -0.2) is 11.4 Å². The molecular formula is C14H10N2OS. The highest BCUT2D eigenvalue weighted by Crippen LogP contribution is 2.46. The fourth-order valence-corrected chi connectivity index (χ4v) is 3.61. The Labute approximate surface area is 109 Å². The minimum Gasteiger partial charge on any atom is -0.355 e. The van der Waals surface area contributed by atoms with E-state index in [4.69, 9.17) is 0 Å². The average molecular weight is 254 g/mol. The summed E-state index contributed by atoms with van der Waals surface area (Å²) in [5.41, 5.74) is 2.64. The quantitative estimate of drug-likeness (QED) is 0.784. The van der Waals surface area contributed by atoms with E-state index >= 15 is 0 Å². The zero-order valence-electron chi connectivity index (χ0n) is 9.46. The topological polar surface area (TPSA) is 32.3 Å². The molecule has 0 radical (unpaired) electrons. The fraction of sp³-hybridized carbons (Fsp3) is 0.0714. The van der Waals surface area contributed by atoms with E-state index in [1.54, 1.807) is 11.8 Å². The van der Waals surface area contributed by atoms with Crippen molar-refractivity contribution < 1.29 is 4.79 Å². The molecule has 2 aliphatic heterocycles. The maximum absolute atomic E-state index is 12.5. The van der Waals surface area contributed by atoms with Crippen molar-refractivity contribution in [2.45, 2.75) is 10.4 Å². The lowest BCUT2D eigenvalue weighted by molar-refractivity contribution is 0.0984. The van der Waals surface area contributed by atoms with Gasteiger partial charge in [-0.3, -0.25) is 9.69 Å². The highest BCUT2D eigenvalue weighted by atomic mass is 32.2. The molecule has 0 saturated carbocycles. The maximum Gasteiger partial charge on any atom is 0.262 e. The van der Waals surface area contributed by atoms with Gasteiger partial charge >= 0.3 is 0 Å². The molecule has 2 aromatic rings. The molecule has 1 N–H and O–H groups in total. The second-order valence-electron chi connectivity index (χ2n) is 4.30. The van der Waals surface area contributed by atoms with E-state index in [1.807, 2.05) is 47.4 Å². The Kier molecular flexibility index (Phi) is 1.96. The van der Waals surface area contributed by atoms with Gasteiger partial charge in [0, 0.05) is 10.6 Å². The Morgan fingerprint density at radius 2 is 1.83 bits per heavy atom. The molecule has 0 bridgehead atoms. The van der Waals surface area contributed by atoms with Crippen molar-refractivity contribution in [2.75, 3.05) is 10.2 Å². The summed E-state index contributed by atoms with van der Waals surface area (Å²) in [6.45, 7) is 0. The van der Waals surface area contributed by atoms with Crippen LogP contribution in [0.2, 0.25) is 0 Å². The van der Waals surface area contributed by atoms with Gasteiger partial charge in [-0.05, 0) is 24.3 Å². The van der Waals surface area contributed by atoms with Crippen LogP contribution in [0, 0.1) is 0 Å². The third-order valence-electron chi connectivity index (χ3n) is 3.25. The number of thioether (sulfide) groups is 1. The fourth-order valence-electron chi connectivity index (χ4n) is 2.42. The lowest BCUT2D eigenvalue weighted by atomic mass is 10.1. The van der Waals surface area contributed by atoms with E-state index < -0.39 is 0 Å². The van der Waals surface area contributed by atoms with Gasteiger partial charge in [-0.15, -0.1) is 0 Å². The third-order valence-corrected chi connectivity index (χ3v) is 4.40. The van der Waals surface area contributed by atoms with Crippen molar-refractivity contribution in [3.05, 3.63) is 54.1 Å². The number of nitrogens with zero attached hydrogens (tertiary/aromatic N) is 1. The van der Waals surface area contributed by atoms with Crippen LogP contribution in [0.3, 0.4) is 0 Å². The molecule has 0 aliphatic carbocycles. The third kappa shape index (κ3) is 1.24. The first kappa shape index (κ1) is 10.0. The zero-order valence-corrected chi connectivity index (χ0v) is 10.3. The molecule has 0 aromatic heterocycles. The SMILES string of the molecule is O=C1c2ccccc2NC2Sc3ccccc3N12. The van der Waals surface area contributed by atoms with Gasteiger partial charge in [0.2, 0.25) is 0 Å². The van der Waals surface area contributed by atoms with Crippen LogP contribution >= 0.6 is 11.8 Å². The number of anilines is 2. The summed E-state index contributed by atoms with van der Waals surface area (Å²) < 4.78 is 0. The Morgan fingerprint density at radius 1 is 1.06 bits per heavy atom. The normalized spacial score (nSPS) is 19.9. The number of amides is 1. The summed E-state index contributed by atoms with van der Waals surface area (Å²) in [4.78, 5) is 15.5. The summed E-state index contributed by atoms with van der Waals surface area (Å²) in [6, 6.07) is 15.7. The molecule has 88 valence electrons. The number of nitrogens with one attached hydrogen (secondary N) is 1. The Hall–Kier alpha value is -1.94. The molecule has 1 unspecified atom stereocenters. The number of hydrogen-bond donors (Lipinski definition) is 1. The van der Waals surface area contributed by atoms with Crippen molar-refractivity contribution in [3.63, 3.8) is 0 Å². The first-order valence-electron chi connectivity index (χ1n) is 5.79. The van der Waals surface area contributed by atoms with Crippen molar-refractivity contribution >= 4 is 29.0 Å². The van der Waals surface area contributed by atoms with Crippen LogP contribution in [0.15, 0.2) is 53.4 Å². The minimum absolute atomic E-state index is 0.0233. The molecule has 2 aliphatic rings. The lowest BCUT2D eigenvalue weighted by Crippen LogP contribution is -2.44.